The predicted octanol–water partition coefficient (Wildman–Crippen LogP) is -0.845. The van der Waals surface area contributed by atoms with E-state index in [9.17, 15) is 32.9 Å². The number of aromatic nitrogens is 3. The zero-order valence-electron chi connectivity index (χ0n) is 23.5. The van der Waals surface area contributed by atoms with Gasteiger partial charge in [0.1, 0.15) is 11.6 Å². The van der Waals surface area contributed by atoms with Crippen LogP contribution in [0, 0.1) is 5.82 Å². The molecule has 1 aromatic carbocycles. The minimum atomic E-state index is -4.02. The summed E-state index contributed by atoms with van der Waals surface area (Å²) in [5, 5.41) is 31.1. The van der Waals surface area contributed by atoms with Crippen molar-refractivity contribution in [1.82, 2.24) is 14.5 Å². The first-order valence-electron chi connectivity index (χ1n) is 13.0. The molecule has 41 heavy (non-hydrogen) atoms. The van der Waals surface area contributed by atoms with Gasteiger partial charge in [-0.3, -0.25) is 0 Å². The van der Waals surface area contributed by atoms with Crippen LogP contribution in [0.1, 0.15) is 55.8 Å². The quantitative estimate of drug-likeness (QED) is 0.289. The molecule has 0 amide bonds. The normalized spacial score (nSPS) is 15.0. The minimum Gasteiger partial charge on any atom is -0.550 e. The van der Waals surface area contributed by atoms with Crippen molar-refractivity contribution in [3.63, 3.8) is 0 Å². The summed E-state index contributed by atoms with van der Waals surface area (Å²) in [6.45, 7) is 4.02. The van der Waals surface area contributed by atoms with Crippen LogP contribution in [0.25, 0.3) is 17.2 Å². The molecule has 0 radical (unpaired) electrons. The molecule has 1 aliphatic heterocycles. The molecule has 0 aliphatic carbocycles. The molecule has 0 saturated carbocycles. The third-order valence-corrected chi connectivity index (χ3v) is 8.36. The molecule has 0 spiro atoms. The maximum atomic E-state index is 13.9. The van der Waals surface area contributed by atoms with Crippen LogP contribution in [0.2, 0.25) is 0 Å². The number of rotatable bonds is 10. The summed E-state index contributed by atoms with van der Waals surface area (Å²) in [7, 11) is -2.34. The molecule has 0 bridgehead atoms. The second kappa shape index (κ2) is 13.6. The number of carbonyl (C=O) groups is 1. The average Bonchev–Trinajstić information content (AvgIpc) is 3.33. The van der Waals surface area contributed by atoms with Gasteiger partial charge in [-0.1, -0.05) is 38.1 Å². The molecule has 0 unspecified atom stereocenters. The standard InChI is InChI=1S/C28H33FN4O6S.Na/c1-17(2)27-22(11-10-20(34)13-21(35)14-25(36)37)26(18-6-8-19(29)9-7-18)23-5-4-12-33(28(23)31-27)40(38,39)24-15-32(3)16-30-24;/h6-11,15-17,20-21,34-35H,4-5,12-14H2,1-3H3,(H,36,37);/q;+1/p-1/b11-10+;/t20-,21-;/m1./s1. The molecule has 0 fully saturated rings. The summed E-state index contributed by atoms with van der Waals surface area (Å²) in [4.78, 5) is 19.7. The van der Waals surface area contributed by atoms with Crippen molar-refractivity contribution in [3.05, 3.63) is 65.5 Å². The number of benzene rings is 1. The number of carboxylic acids is 1. The maximum Gasteiger partial charge on any atom is 1.00 e. The maximum absolute atomic E-state index is 13.9. The molecule has 2 atom stereocenters. The number of sulfonamides is 1. The molecule has 2 aromatic heterocycles. The fourth-order valence-corrected chi connectivity index (χ4v) is 6.31. The van der Waals surface area contributed by atoms with E-state index in [2.05, 4.69) is 4.98 Å². The van der Waals surface area contributed by atoms with Gasteiger partial charge in [-0.15, -0.1) is 0 Å². The Morgan fingerprint density at radius 2 is 1.90 bits per heavy atom. The Morgan fingerprint density at radius 1 is 1.22 bits per heavy atom. The van der Waals surface area contributed by atoms with E-state index in [-0.39, 0.29) is 59.3 Å². The van der Waals surface area contributed by atoms with Gasteiger partial charge in [0.2, 0.25) is 0 Å². The molecule has 2 N–H and O–H groups in total. The van der Waals surface area contributed by atoms with E-state index in [0.717, 1.165) is 0 Å². The van der Waals surface area contributed by atoms with Gasteiger partial charge < -0.3 is 24.7 Å². The van der Waals surface area contributed by atoms with Crippen LogP contribution in [0.5, 0.6) is 0 Å². The average molecular weight is 595 g/mol. The van der Waals surface area contributed by atoms with E-state index in [1.165, 1.54) is 35.0 Å². The number of pyridine rings is 1. The van der Waals surface area contributed by atoms with Crippen LogP contribution in [-0.4, -0.2) is 57.9 Å². The van der Waals surface area contributed by atoms with E-state index in [0.29, 0.717) is 40.8 Å². The van der Waals surface area contributed by atoms with Crippen molar-refractivity contribution in [2.24, 2.45) is 7.05 Å². The number of carboxylic acid groups (broad SMARTS) is 1. The first kappa shape index (κ1) is 32.9. The number of imidazole rings is 1. The Balaban J connectivity index is 0.00000462. The van der Waals surface area contributed by atoms with E-state index < -0.39 is 40.4 Å². The second-order valence-electron chi connectivity index (χ2n) is 10.2. The van der Waals surface area contributed by atoms with Crippen LogP contribution in [0.3, 0.4) is 0 Å². The summed E-state index contributed by atoms with van der Waals surface area (Å²) in [6.07, 6.45) is 3.65. The Kier molecular flexibility index (Phi) is 10.9. The van der Waals surface area contributed by atoms with Gasteiger partial charge >= 0.3 is 29.6 Å². The number of halogens is 1. The summed E-state index contributed by atoms with van der Waals surface area (Å²) < 4.78 is 44.0. The summed E-state index contributed by atoms with van der Waals surface area (Å²) in [5.74, 6) is -1.74. The van der Waals surface area contributed by atoms with Crippen LogP contribution in [0.15, 0.2) is 47.9 Å². The fourth-order valence-electron chi connectivity index (χ4n) is 4.86. The smallest absolute Gasteiger partial charge is 0.550 e. The van der Waals surface area contributed by atoms with E-state index in [4.69, 9.17) is 4.98 Å². The zero-order chi connectivity index (χ0) is 29.2. The number of aliphatic hydroxyl groups is 2. The molecule has 0 saturated heterocycles. The largest absolute Gasteiger partial charge is 1.00 e. The number of aliphatic carboxylic acids is 1. The molecular formula is C28H32FN4NaO6S. The minimum absolute atomic E-state index is 0. The molecule has 214 valence electrons. The number of fused-ring (bicyclic) bond motifs is 1. The van der Waals surface area contributed by atoms with Crippen molar-refractivity contribution >= 4 is 27.9 Å². The second-order valence-corrected chi connectivity index (χ2v) is 12.0. The van der Waals surface area contributed by atoms with Gasteiger partial charge in [0, 0.05) is 49.7 Å². The van der Waals surface area contributed by atoms with Crippen molar-refractivity contribution in [2.45, 2.75) is 62.7 Å². The number of aryl methyl sites for hydroxylation is 1. The topological polar surface area (TPSA) is 149 Å². The van der Waals surface area contributed by atoms with Gasteiger partial charge in [-0.2, -0.15) is 8.42 Å². The van der Waals surface area contributed by atoms with Crippen LogP contribution < -0.4 is 39.0 Å². The van der Waals surface area contributed by atoms with Crippen molar-refractivity contribution in [3.8, 4) is 11.1 Å². The number of nitrogens with zero attached hydrogens (tertiary/aromatic N) is 4. The summed E-state index contributed by atoms with van der Waals surface area (Å²) in [5.41, 5.74) is 3.14. The van der Waals surface area contributed by atoms with Gasteiger partial charge in [-0.25, -0.2) is 18.7 Å². The van der Waals surface area contributed by atoms with Crippen molar-refractivity contribution in [2.75, 3.05) is 10.8 Å². The van der Waals surface area contributed by atoms with Gasteiger partial charge in [0.15, 0.2) is 5.03 Å². The molecule has 4 rings (SSSR count). The van der Waals surface area contributed by atoms with E-state index in [1.54, 1.807) is 29.8 Å². The van der Waals surface area contributed by atoms with Gasteiger partial charge in [-0.05, 0) is 42.0 Å². The number of carbonyl (C=O) groups excluding carboxylic acids is 1. The third kappa shape index (κ3) is 7.43. The molecule has 3 heterocycles. The van der Waals surface area contributed by atoms with E-state index >= 15 is 0 Å². The molecular weight excluding hydrogens is 562 g/mol. The van der Waals surface area contributed by atoms with Crippen LogP contribution in [0.4, 0.5) is 10.2 Å². The summed E-state index contributed by atoms with van der Waals surface area (Å²) in [6, 6.07) is 5.86. The SMILES string of the molecule is CC(C)c1nc2c(c(-c3ccc(F)cc3)c1/C=C/[C@@H](O)C[C@@H](O)CC(=O)[O-])CCCN2S(=O)(=O)c1cn(C)cn1.[Na+]. The summed E-state index contributed by atoms with van der Waals surface area (Å²) >= 11 is 0. The number of anilines is 1. The Bertz CT molecular complexity index is 1530. The first-order valence-corrected chi connectivity index (χ1v) is 14.4. The fraction of sp³-hybridized carbons (Fsp3) is 0.393. The molecule has 10 nitrogen and oxygen atoms in total. The van der Waals surface area contributed by atoms with Gasteiger partial charge in [0.05, 0.1) is 24.2 Å². The predicted molar refractivity (Wildman–Crippen MR) is 145 cm³/mol. The van der Waals surface area contributed by atoms with Crippen LogP contribution in [-0.2, 0) is 28.3 Å². The Hall–Kier alpha value is -2.61. The van der Waals surface area contributed by atoms with Crippen molar-refractivity contribution in [1.29, 1.82) is 0 Å². The molecule has 3 aromatic rings. The molecule has 1 aliphatic rings. The monoisotopic (exact) mass is 594 g/mol. The van der Waals surface area contributed by atoms with E-state index in [1.807, 2.05) is 13.8 Å². The van der Waals surface area contributed by atoms with Crippen LogP contribution >= 0.6 is 0 Å². The third-order valence-electron chi connectivity index (χ3n) is 6.68. The van der Waals surface area contributed by atoms with Crippen molar-refractivity contribution < 1.29 is 62.5 Å². The Labute approximate surface area is 260 Å². The van der Waals surface area contributed by atoms with Gasteiger partial charge in [0.25, 0.3) is 10.0 Å². The number of hydrogen-bond acceptors (Lipinski definition) is 8. The Morgan fingerprint density at radius 3 is 2.49 bits per heavy atom. The first-order chi connectivity index (χ1) is 18.9. The number of aliphatic hydroxyl groups excluding tert-OH is 2. The molecule has 13 heteroatoms. The zero-order valence-corrected chi connectivity index (χ0v) is 26.3. The number of hydrogen-bond donors (Lipinski definition) is 2.